The van der Waals surface area contributed by atoms with Gasteiger partial charge in [-0.05, 0) is 24.1 Å². The molecule has 0 fully saturated rings. The maximum atomic E-state index is 14.3. The van der Waals surface area contributed by atoms with Crippen molar-refractivity contribution in [2.24, 2.45) is 5.41 Å². The van der Waals surface area contributed by atoms with Gasteiger partial charge in [0, 0.05) is 11.5 Å². The van der Waals surface area contributed by atoms with Crippen LogP contribution in [0.5, 0.6) is 0 Å². The van der Waals surface area contributed by atoms with E-state index < -0.39 is 17.0 Å². The van der Waals surface area contributed by atoms with Crippen LogP contribution in [0.1, 0.15) is 39.2 Å². The van der Waals surface area contributed by atoms with E-state index in [9.17, 15) is 13.6 Å². The molecule has 0 aromatic heterocycles. The van der Waals surface area contributed by atoms with Gasteiger partial charge in [0.2, 0.25) is 5.91 Å². The highest BCUT2D eigenvalue weighted by Gasteiger charge is 2.33. The monoisotopic (exact) mass is 331 g/mol. The van der Waals surface area contributed by atoms with E-state index in [-0.39, 0.29) is 18.1 Å². The van der Waals surface area contributed by atoms with E-state index in [0.717, 1.165) is 30.2 Å². The summed E-state index contributed by atoms with van der Waals surface area (Å²) in [6.45, 7) is 5.88. The van der Waals surface area contributed by atoms with Gasteiger partial charge in [0.25, 0.3) is 0 Å². The fourth-order valence-electron chi connectivity index (χ4n) is 2.82. The van der Waals surface area contributed by atoms with Gasteiger partial charge in [-0.1, -0.05) is 57.5 Å². The molecule has 0 bridgehead atoms. The first-order valence-corrected chi connectivity index (χ1v) is 8.16. The van der Waals surface area contributed by atoms with Crippen molar-refractivity contribution in [3.05, 3.63) is 65.7 Å². The number of hydrogen-bond acceptors (Lipinski definition) is 1. The van der Waals surface area contributed by atoms with Crippen molar-refractivity contribution in [2.45, 2.75) is 40.2 Å². The number of nitrogens with zero attached hydrogens (tertiary/aromatic N) is 1. The highest BCUT2D eigenvalue weighted by atomic mass is 19.1. The van der Waals surface area contributed by atoms with E-state index >= 15 is 0 Å². The van der Waals surface area contributed by atoms with Crippen molar-refractivity contribution in [1.29, 1.82) is 0 Å². The molecule has 0 unspecified atom stereocenters. The third kappa shape index (κ3) is 4.19. The molecule has 1 amide bonds. The first kappa shape index (κ1) is 18.1. The van der Waals surface area contributed by atoms with Crippen LogP contribution in [0.3, 0.4) is 0 Å². The normalized spacial score (nSPS) is 11.4. The maximum absolute atomic E-state index is 14.3. The summed E-state index contributed by atoms with van der Waals surface area (Å²) in [5.41, 5.74) is 0.192. The lowest BCUT2D eigenvalue weighted by Crippen LogP contribution is -2.41. The minimum Gasteiger partial charge on any atom is -0.305 e. The van der Waals surface area contributed by atoms with Gasteiger partial charge in [-0.2, -0.15) is 0 Å². The fraction of sp³-hybridized carbons (Fsp3) is 0.350. The second kappa shape index (κ2) is 7.56. The van der Waals surface area contributed by atoms with Crippen LogP contribution in [-0.4, -0.2) is 5.91 Å². The molecule has 0 spiro atoms. The Bertz CT molecular complexity index is 698. The minimum atomic E-state index is -0.651. The van der Waals surface area contributed by atoms with Gasteiger partial charge < -0.3 is 4.90 Å². The lowest BCUT2D eigenvalue weighted by atomic mass is 9.86. The molecule has 0 radical (unpaired) electrons. The summed E-state index contributed by atoms with van der Waals surface area (Å²) in [6, 6.07) is 12.5. The average Bonchev–Trinajstić information content (AvgIpc) is 2.55. The van der Waals surface area contributed by atoms with Crippen LogP contribution in [0.15, 0.2) is 48.5 Å². The predicted octanol–water partition coefficient (Wildman–Crippen LogP) is 5.32. The van der Waals surface area contributed by atoms with Gasteiger partial charge in [0.1, 0.15) is 11.6 Å². The second-order valence-electron chi connectivity index (χ2n) is 6.61. The highest BCUT2D eigenvalue weighted by molar-refractivity contribution is 5.97. The molecule has 0 aliphatic rings. The summed E-state index contributed by atoms with van der Waals surface area (Å²) < 4.78 is 27.9. The Balaban J connectivity index is 2.45. The summed E-state index contributed by atoms with van der Waals surface area (Å²) in [5, 5.41) is 0. The Morgan fingerprint density at radius 1 is 1.08 bits per heavy atom. The van der Waals surface area contributed by atoms with Gasteiger partial charge in [-0.25, -0.2) is 8.78 Å². The molecule has 0 N–H and O–H groups in total. The Morgan fingerprint density at radius 2 is 1.75 bits per heavy atom. The molecule has 0 heterocycles. The number of carbonyl (C=O) groups excluding carboxylic acids is 1. The average molecular weight is 331 g/mol. The summed E-state index contributed by atoms with van der Waals surface area (Å²) in [5.74, 6) is -1.38. The molecule has 2 aromatic rings. The number of benzene rings is 2. The van der Waals surface area contributed by atoms with Crippen LogP contribution >= 0.6 is 0 Å². The summed E-state index contributed by atoms with van der Waals surface area (Å²) >= 11 is 0. The Hall–Kier alpha value is -2.23. The predicted molar refractivity (Wildman–Crippen MR) is 92.7 cm³/mol. The van der Waals surface area contributed by atoms with Crippen molar-refractivity contribution in [3.63, 3.8) is 0 Å². The smallest absolute Gasteiger partial charge is 0.233 e. The Morgan fingerprint density at radius 3 is 2.38 bits per heavy atom. The van der Waals surface area contributed by atoms with Crippen LogP contribution < -0.4 is 4.90 Å². The van der Waals surface area contributed by atoms with Gasteiger partial charge in [-0.3, -0.25) is 4.79 Å². The minimum absolute atomic E-state index is 0.0203. The van der Waals surface area contributed by atoms with Crippen molar-refractivity contribution in [3.8, 4) is 0 Å². The van der Waals surface area contributed by atoms with E-state index in [4.69, 9.17) is 0 Å². The summed E-state index contributed by atoms with van der Waals surface area (Å²) in [7, 11) is 0. The van der Waals surface area contributed by atoms with E-state index in [2.05, 4.69) is 0 Å². The number of carbonyl (C=O) groups is 1. The second-order valence-corrected chi connectivity index (χ2v) is 6.61. The lowest BCUT2D eigenvalue weighted by molar-refractivity contribution is -0.127. The van der Waals surface area contributed by atoms with E-state index in [1.807, 2.05) is 51.1 Å². The van der Waals surface area contributed by atoms with E-state index in [1.54, 1.807) is 0 Å². The lowest BCUT2D eigenvalue weighted by Gasteiger charge is -2.32. The third-order valence-electron chi connectivity index (χ3n) is 4.08. The maximum Gasteiger partial charge on any atom is 0.233 e. The zero-order chi connectivity index (χ0) is 17.7. The van der Waals surface area contributed by atoms with Gasteiger partial charge in [0.05, 0.1) is 12.2 Å². The molecule has 0 atom stereocenters. The molecular formula is C20H23F2NO. The van der Waals surface area contributed by atoms with E-state index in [0.29, 0.717) is 6.42 Å². The quantitative estimate of drug-likeness (QED) is 0.701. The molecule has 2 rings (SSSR count). The van der Waals surface area contributed by atoms with Crippen molar-refractivity contribution >= 4 is 11.6 Å². The van der Waals surface area contributed by atoms with Crippen LogP contribution in [0.4, 0.5) is 14.5 Å². The number of hydrogen-bond donors (Lipinski definition) is 0. The molecule has 0 saturated heterocycles. The largest absolute Gasteiger partial charge is 0.305 e. The molecule has 0 aliphatic carbocycles. The standard InChI is InChI=1S/C20H23F2NO/c1-4-12-20(2,3)19(24)23(14-15-8-6-5-7-9-15)18-13-16(21)10-11-17(18)22/h5-11,13H,4,12,14H2,1-3H3. The number of anilines is 1. The fourth-order valence-corrected chi connectivity index (χ4v) is 2.82. The van der Waals surface area contributed by atoms with Gasteiger partial charge >= 0.3 is 0 Å². The number of amides is 1. The molecule has 0 saturated carbocycles. The van der Waals surface area contributed by atoms with Crippen LogP contribution in [0, 0.1) is 17.0 Å². The Kier molecular flexibility index (Phi) is 5.71. The first-order valence-electron chi connectivity index (χ1n) is 8.16. The van der Waals surface area contributed by atoms with E-state index in [1.165, 1.54) is 4.90 Å². The molecule has 2 nitrogen and oxygen atoms in total. The van der Waals surface area contributed by atoms with Crippen molar-refractivity contribution in [1.82, 2.24) is 0 Å². The van der Waals surface area contributed by atoms with Crippen LogP contribution in [0.25, 0.3) is 0 Å². The molecular weight excluding hydrogens is 308 g/mol. The molecule has 4 heteroatoms. The number of rotatable bonds is 6. The summed E-state index contributed by atoms with van der Waals surface area (Å²) in [6.07, 6.45) is 1.51. The van der Waals surface area contributed by atoms with Gasteiger partial charge in [-0.15, -0.1) is 0 Å². The number of halogens is 2. The SMILES string of the molecule is CCCC(C)(C)C(=O)N(Cc1ccccc1)c1cc(F)ccc1F. The Labute approximate surface area is 142 Å². The topological polar surface area (TPSA) is 20.3 Å². The van der Waals surface area contributed by atoms with Gasteiger partial charge in [0.15, 0.2) is 0 Å². The zero-order valence-electron chi connectivity index (χ0n) is 14.4. The van der Waals surface area contributed by atoms with Crippen molar-refractivity contribution < 1.29 is 13.6 Å². The summed E-state index contributed by atoms with van der Waals surface area (Å²) in [4.78, 5) is 14.4. The molecule has 128 valence electrons. The van der Waals surface area contributed by atoms with Crippen LogP contribution in [-0.2, 0) is 11.3 Å². The molecule has 24 heavy (non-hydrogen) atoms. The first-order chi connectivity index (χ1) is 11.3. The molecule has 2 aromatic carbocycles. The van der Waals surface area contributed by atoms with Crippen molar-refractivity contribution in [2.75, 3.05) is 4.90 Å². The molecule has 0 aliphatic heterocycles. The zero-order valence-corrected chi connectivity index (χ0v) is 14.4. The highest BCUT2D eigenvalue weighted by Crippen LogP contribution is 2.31. The third-order valence-corrected chi connectivity index (χ3v) is 4.08. The van der Waals surface area contributed by atoms with Crippen LogP contribution in [0.2, 0.25) is 0 Å².